The Morgan fingerprint density at radius 2 is 2.05 bits per heavy atom. The summed E-state index contributed by atoms with van der Waals surface area (Å²) >= 11 is 0. The molecule has 1 N–H and O–H groups in total. The van der Waals surface area contributed by atoms with Crippen molar-refractivity contribution in [2.75, 3.05) is 33.3 Å². The number of nitrogens with zero attached hydrogens (tertiary/aromatic N) is 1. The zero-order valence-electron chi connectivity index (χ0n) is 13.0. The number of piperidine rings is 1. The molecule has 1 heterocycles. The van der Waals surface area contributed by atoms with Crippen molar-refractivity contribution in [3.8, 4) is 5.75 Å². The Morgan fingerprint density at radius 3 is 2.73 bits per heavy atom. The molecule has 5 heteroatoms. The Morgan fingerprint density at radius 1 is 1.32 bits per heavy atom. The fourth-order valence-corrected chi connectivity index (χ4v) is 2.74. The summed E-state index contributed by atoms with van der Waals surface area (Å²) in [6.07, 6.45) is 3.74. The van der Waals surface area contributed by atoms with E-state index in [1.165, 1.54) is 0 Å². The molecule has 1 fully saturated rings. The van der Waals surface area contributed by atoms with Crippen LogP contribution in [0.4, 0.5) is 8.78 Å². The van der Waals surface area contributed by atoms with Gasteiger partial charge in [-0.2, -0.15) is 0 Å². The number of nitrogens with one attached hydrogen (secondary N) is 1. The predicted molar refractivity (Wildman–Crippen MR) is 85.5 cm³/mol. The molecule has 1 aliphatic heterocycles. The van der Waals surface area contributed by atoms with Gasteiger partial charge < -0.3 is 10.1 Å². The predicted octanol–water partition coefficient (Wildman–Crippen LogP) is 3.03. The maximum Gasteiger partial charge on any atom is 0.251 e. The van der Waals surface area contributed by atoms with E-state index in [1.807, 2.05) is 35.2 Å². The van der Waals surface area contributed by atoms with Crippen molar-refractivity contribution in [1.82, 2.24) is 10.2 Å². The minimum Gasteiger partial charge on any atom is -0.496 e. The van der Waals surface area contributed by atoms with Crippen LogP contribution in [-0.4, -0.2) is 50.7 Å². The summed E-state index contributed by atoms with van der Waals surface area (Å²) in [5.74, 6) is 0.860. The molecule has 1 aromatic rings. The van der Waals surface area contributed by atoms with Crippen LogP contribution in [0, 0.1) is 0 Å². The fourth-order valence-electron chi connectivity index (χ4n) is 2.74. The van der Waals surface area contributed by atoms with Gasteiger partial charge in [-0.1, -0.05) is 30.4 Å². The molecule has 0 unspecified atom stereocenters. The molecule has 122 valence electrons. The van der Waals surface area contributed by atoms with Crippen molar-refractivity contribution in [2.45, 2.75) is 25.3 Å². The minimum absolute atomic E-state index is 0.0968. The lowest BCUT2D eigenvalue weighted by molar-refractivity contribution is 0.0734. The van der Waals surface area contributed by atoms with Crippen molar-refractivity contribution in [3.05, 3.63) is 35.9 Å². The average Bonchev–Trinajstić information content (AvgIpc) is 2.53. The number of benzene rings is 1. The van der Waals surface area contributed by atoms with Gasteiger partial charge in [0.2, 0.25) is 0 Å². The highest BCUT2D eigenvalue weighted by Gasteiger charge is 2.20. The van der Waals surface area contributed by atoms with Crippen LogP contribution in [-0.2, 0) is 0 Å². The number of likely N-dealkylation sites (tertiary alicyclic amines) is 1. The van der Waals surface area contributed by atoms with Crippen LogP contribution in [0.15, 0.2) is 30.3 Å². The Kier molecular flexibility index (Phi) is 6.80. The maximum atomic E-state index is 12.3. The largest absolute Gasteiger partial charge is 0.496 e. The van der Waals surface area contributed by atoms with Gasteiger partial charge in [-0.25, -0.2) is 8.78 Å². The van der Waals surface area contributed by atoms with Gasteiger partial charge in [0, 0.05) is 18.2 Å². The molecule has 1 saturated heterocycles. The molecule has 2 rings (SSSR count). The smallest absolute Gasteiger partial charge is 0.251 e. The van der Waals surface area contributed by atoms with Gasteiger partial charge in [0.25, 0.3) is 6.43 Å². The summed E-state index contributed by atoms with van der Waals surface area (Å²) in [5.41, 5.74) is 1.05. The van der Waals surface area contributed by atoms with Gasteiger partial charge in [-0.15, -0.1) is 0 Å². The van der Waals surface area contributed by atoms with Gasteiger partial charge in [0.1, 0.15) is 5.75 Å². The lowest BCUT2D eigenvalue weighted by Gasteiger charge is -2.31. The number of halogens is 2. The number of hydrogen-bond acceptors (Lipinski definition) is 3. The van der Waals surface area contributed by atoms with Crippen LogP contribution < -0.4 is 10.1 Å². The van der Waals surface area contributed by atoms with Gasteiger partial charge in [-0.3, -0.25) is 4.90 Å². The van der Waals surface area contributed by atoms with Crippen LogP contribution in [0.1, 0.15) is 18.4 Å². The molecule has 0 atom stereocenters. The van der Waals surface area contributed by atoms with Gasteiger partial charge in [-0.05, 0) is 32.0 Å². The van der Waals surface area contributed by atoms with E-state index in [1.54, 1.807) is 7.11 Å². The fraction of sp³-hybridized carbons (Fsp3) is 0.529. The van der Waals surface area contributed by atoms with Gasteiger partial charge >= 0.3 is 0 Å². The van der Waals surface area contributed by atoms with Crippen molar-refractivity contribution in [2.24, 2.45) is 0 Å². The summed E-state index contributed by atoms with van der Waals surface area (Å²) in [5, 5.41) is 3.46. The van der Waals surface area contributed by atoms with Crippen molar-refractivity contribution in [1.29, 1.82) is 0 Å². The van der Waals surface area contributed by atoms with E-state index < -0.39 is 6.43 Å². The molecule has 0 spiro atoms. The molecule has 0 bridgehead atoms. The topological polar surface area (TPSA) is 24.5 Å². The summed E-state index contributed by atoms with van der Waals surface area (Å²) in [6, 6.07) is 8.29. The number of methoxy groups -OCH3 is 1. The Hall–Kier alpha value is -1.46. The van der Waals surface area contributed by atoms with E-state index in [2.05, 4.69) is 11.4 Å². The first-order valence-electron chi connectivity index (χ1n) is 7.72. The first-order chi connectivity index (χ1) is 10.7. The van der Waals surface area contributed by atoms with E-state index in [-0.39, 0.29) is 6.54 Å². The zero-order valence-corrected chi connectivity index (χ0v) is 13.0. The quantitative estimate of drug-likeness (QED) is 0.838. The lowest BCUT2D eigenvalue weighted by Crippen LogP contribution is -2.43. The highest BCUT2D eigenvalue weighted by Crippen LogP contribution is 2.18. The van der Waals surface area contributed by atoms with Crippen LogP contribution >= 0.6 is 0 Å². The van der Waals surface area contributed by atoms with E-state index >= 15 is 0 Å². The monoisotopic (exact) mass is 310 g/mol. The molecule has 1 aromatic carbocycles. The third kappa shape index (κ3) is 5.39. The van der Waals surface area contributed by atoms with Crippen molar-refractivity contribution < 1.29 is 13.5 Å². The molecular weight excluding hydrogens is 286 g/mol. The number of alkyl halides is 2. The molecule has 3 nitrogen and oxygen atoms in total. The Bertz CT molecular complexity index is 471. The zero-order chi connectivity index (χ0) is 15.8. The minimum atomic E-state index is -2.23. The highest BCUT2D eigenvalue weighted by atomic mass is 19.3. The Balaban J connectivity index is 1.70. The number of hydrogen-bond donors (Lipinski definition) is 1. The third-order valence-electron chi connectivity index (χ3n) is 3.94. The average molecular weight is 310 g/mol. The highest BCUT2D eigenvalue weighted by molar-refractivity contribution is 5.57. The molecule has 0 amide bonds. The number of rotatable bonds is 7. The summed E-state index contributed by atoms with van der Waals surface area (Å²) in [4.78, 5) is 1.84. The molecule has 0 aromatic heterocycles. The van der Waals surface area contributed by atoms with Crippen LogP contribution in [0.5, 0.6) is 5.75 Å². The third-order valence-corrected chi connectivity index (χ3v) is 3.94. The van der Waals surface area contributed by atoms with Crippen LogP contribution in [0.25, 0.3) is 6.08 Å². The second-order valence-electron chi connectivity index (χ2n) is 5.52. The summed E-state index contributed by atoms with van der Waals surface area (Å²) < 4.78 is 29.9. The molecule has 0 aliphatic carbocycles. The molecule has 0 radical (unpaired) electrons. The number of para-hydroxylation sites is 1. The SMILES string of the molecule is COc1ccccc1/C=C\CNC1CCN(CC(F)F)CC1. The van der Waals surface area contributed by atoms with Crippen LogP contribution in [0.2, 0.25) is 0 Å². The molecule has 0 saturated carbocycles. The van der Waals surface area contributed by atoms with E-state index in [0.29, 0.717) is 6.04 Å². The first kappa shape index (κ1) is 16.9. The second-order valence-corrected chi connectivity index (χ2v) is 5.52. The second kappa shape index (κ2) is 8.86. The molecule has 1 aliphatic rings. The van der Waals surface area contributed by atoms with E-state index in [9.17, 15) is 8.78 Å². The first-order valence-corrected chi connectivity index (χ1v) is 7.72. The van der Waals surface area contributed by atoms with Crippen LogP contribution in [0.3, 0.4) is 0 Å². The molecule has 22 heavy (non-hydrogen) atoms. The van der Waals surface area contributed by atoms with Crippen molar-refractivity contribution in [3.63, 3.8) is 0 Å². The normalized spacial score (nSPS) is 17.5. The molecular formula is C17H24F2N2O. The summed E-state index contributed by atoms with van der Waals surface area (Å²) in [7, 11) is 1.66. The van der Waals surface area contributed by atoms with Gasteiger partial charge in [0.15, 0.2) is 0 Å². The Labute approximate surface area is 131 Å². The summed E-state index contributed by atoms with van der Waals surface area (Å²) in [6.45, 7) is 2.18. The van der Waals surface area contributed by atoms with E-state index in [0.717, 1.165) is 43.8 Å². The lowest BCUT2D eigenvalue weighted by atomic mass is 10.1. The standard InChI is InChI=1S/C17H24F2N2O/c1-22-16-7-3-2-5-14(16)6-4-10-20-15-8-11-21(12-9-15)13-17(18)19/h2-7,15,17,20H,8-13H2,1H3/b6-4-. The van der Waals surface area contributed by atoms with Crippen molar-refractivity contribution >= 4 is 6.08 Å². The maximum absolute atomic E-state index is 12.3. The number of ether oxygens (including phenoxy) is 1. The van der Waals surface area contributed by atoms with E-state index in [4.69, 9.17) is 4.74 Å². The van der Waals surface area contributed by atoms with Gasteiger partial charge in [0.05, 0.1) is 13.7 Å².